The molecule has 1 N–H and O–H groups in total. The van der Waals surface area contributed by atoms with E-state index in [1.807, 2.05) is 24.3 Å². The van der Waals surface area contributed by atoms with Gasteiger partial charge >= 0.3 is 0 Å². The Labute approximate surface area is 103 Å². The molecule has 0 saturated carbocycles. The molecule has 17 heavy (non-hydrogen) atoms. The molecule has 1 heterocycles. The molecule has 0 unspecified atom stereocenters. The Morgan fingerprint density at radius 3 is 2.29 bits per heavy atom. The molecular formula is C14H19N2O+. The van der Waals surface area contributed by atoms with Gasteiger partial charge in [-0.25, -0.2) is 0 Å². The maximum atomic E-state index is 9.52. The second-order valence-electron chi connectivity index (χ2n) is 4.88. The van der Waals surface area contributed by atoms with E-state index in [1.165, 1.54) is 4.90 Å². The zero-order valence-electron chi connectivity index (χ0n) is 10.5. The van der Waals surface area contributed by atoms with Crippen molar-refractivity contribution in [3.8, 4) is 11.8 Å². The van der Waals surface area contributed by atoms with Crippen molar-refractivity contribution < 1.29 is 9.64 Å². The lowest BCUT2D eigenvalue weighted by Gasteiger charge is -2.33. The first kappa shape index (κ1) is 11.9. The van der Waals surface area contributed by atoms with Gasteiger partial charge in [0.2, 0.25) is 0 Å². The van der Waals surface area contributed by atoms with Gasteiger partial charge in [0.1, 0.15) is 5.75 Å². The molecule has 2 rings (SSSR count). The van der Waals surface area contributed by atoms with Crippen molar-refractivity contribution in [2.24, 2.45) is 0 Å². The van der Waals surface area contributed by atoms with Crippen molar-refractivity contribution in [3.63, 3.8) is 0 Å². The average Bonchev–Trinajstić information content (AvgIpc) is 2.40. The fraction of sp³-hybridized carbons (Fsp3) is 0.500. The van der Waals surface area contributed by atoms with Crippen molar-refractivity contribution >= 4 is 0 Å². The van der Waals surface area contributed by atoms with Crippen molar-refractivity contribution in [2.75, 3.05) is 27.2 Å². The van der Waals surface area contributed by atoms with E-state index >= 15 is 0 Å². The number of ether oxygens (including phenoxy) is 1. The fourth-order valence-corrected chi connectivity index (χ4v) is 2.48. The summed E-state index contributed by atoms with van der Waals surface area (Å²) >= 11 is 0. The van der Waals surface area contributed by atoms with Crippen LogP contribution in [0.4, 0.5) is 0 Å². The summed E-state index contributed by atoms with van der Waals surface area (Å²) in [6, 6.07) is 10.5. The molecule has 1 aliphatic heterocycles. The largest absolute Gasteiger partial charge is 0.497 e. The number of nitriles is 1. The molecule has 1 aromatic rings. The number of piperidine rings is 1. The molecule has 3 nitrogen and oxygen atoms in total. The third-order valence-electron chi connectivity index (χ3n) is 3.81. The Balaban J connectivity index is 2.26. The maximum Gasteiger partial charge on any atom is 0.118 e. The first-order chi connectivity index (χ1) is 8.20. The van der Waals surface area contributed by atoms with Crippen LogP contribution in [-0.2, 0) is 5.41 Å². The second-order valence-corrected chi connectivity index (χ2v) is 4.88. The molecule has 1 aliphatic rings. The fourth-order valence-electron chi connectivity index (χ4n) is 2.48. The van der Waals surface area contributed by atoms with Gasteiger partial charge in [0.25, 0.3) is 0 Å². The zero-order chi connectivity index (χ0) is 12.3. The molecule has 1 fully saturated rings. The van der Waals surface area contributed by atoms with Crippen LogP contribution >= 0.6 is 0 Å². The van der Waals surface area contributed by atoms with E-state index in [1.54, 1.807) is 7.11 Å². The number of benzene rings is 1. The van der Waals surface area contributed by atoms with Crippen molar-refractivity contribution in [1.82, 2.24) is 0 Å². The van der Waals surface area contributed by atoms with E-state index in [0.717, 1.165) is 37.2 Å². The molecule has 0 aromatic heterocycles. The van der Waals surface area contributed by atoms with Crippen LogP contribution in [0.15, 0.2) is 24.3 Å². The number of hydrogen-bond donors (Lipinski definition) is 1. The average molecular weight is 231 g/mol. The topological polar surface area (TPSA) is 37.5 Å². The summed E-state index contributed by atoms with van der Waals surface area (Å²) in [4.78, 5) is 1.52. The number of methoxy groups -OCH3 is 1. The summed E-state index contributed by atoms with van der Waals surface area (Å²) in [5.74, 6) is 0.848. The van der Waals surface area contributed by atoms with Gasteiger partial charge in [-0.15, -0.1) is 0 Å². The highest BCUT2D eigenvalue weighted by Gasteiger charge is 2.37. The van der Waals surface area contributed by atoms with Gasteiger partial charge in [-0.2, -0.15) is 5.26 Å². The second kappa shape index (κ2) is 4.77. The molecule has 1 saturated heterocycles. The smallest absolute Gasteiger partial charge is 0.118 e. The van der Waals surface area contributed by atoms with E-state index in [2.05, 4.69) is 13.1 Å². The minimum Gasteiger partial charge on any atom is -0.497 e. The summed E-state index contributed by atoms with van der Waals surface area (Å²) in [7, 11) is 3.85. The highest BCUT2D eigenvalue weighted by Crippen LogP contribution is 2.32. The first-order valence-electron chi connectivity index (χ1n) is 6.07. The van der Waals surface area contributed by atoms with Crippen LogP contribution in [0.25, 0.3) is 0 Å². The monoisotopic (exact) mass is 231 g/mol. The summed E-state index contributed by atoms with van der Waals surface area (Å²) in [5, 5.41) is 9.52. The van der Waals surface area contributed by atoms with Crippen LogP contribution in [0.5, 0.6) is 5.75 Å². The van der Waals surface area contributed by atoms with E-state index < -0.39 is 0 Å². The van der Waals surface area contributed by atoms with Crippen LogP contribution in [0.2, 0.25) is 0 Å². The number of nitrogens with one attached hydrogen (secondary N) is 1. The van der Waals surface area contributed by atoms with Crippen molar-refractivity contribution in [2.45, 2.75) is 18.3 Å². The molecule has 1 aromatic carbocycles. The summed E-state index contributed by atoms with van der Waals surface area (Å²) in [5.41, 5.74) is 0.847. The van der Waals surface area contributed by atoms with Gasteiger partial charge in [-0.1, -0.05) is 12.1 Å². The number of quaternary nitrogens is 1. The number of rotatable bonds is 2. The van der Waals surface area contributed by atoms with Gasteiger partial charge in [-0.3, -0.25) is 0 Å². The van der Waals surface area contributed by atoms with Crippen LogP contribution in [0, 0.1) is 11.3 Å². The minimum absolute atomic E-state index is 0.286. The minimum atomic E-state index is -0.286. The molecule has 0 atom stereocenters. The summed E-state index contributed by atoms with van der Waals surface area (Å²) in [6.07, 6.45) is 1.89. The Kier molecular flexibility index (Phi) is 3.35. The first-order valence-corrected chi connectivity index (χ1v) is 6.07. The lowest BCUT2D eigenvalue weighted by Crippen LogP contribution is -3.10. The Morgan fingerprint density at radius 2 is 1.82 bits per heavy atom. The third-order valence-corrected chi connectivity index (χ3v) is 3.81. The summed E-state index contributed by atoms with van der Waals surface area (Å²) < 4.78 is 5.15. The molecule has 0 bridgehead atoms. The zero-order valence-corrected chi connectivity index (χ0v) is 10.5. The lowest BCUT2D eigenvalue weighted by atomic mass is 9.74. The SMILES string of the molecule is COc1ccc(C2(C#N)CC[NH+](C)CC2)cc1. The molecular weight excluding hydrogens is 212 g/mol. The van der Waals surface area contributed by atoms with E-state index in [0.29, 0.717) is 0 Å². The van der Waals surface area contributed by atoms with E-state index in [-0.39, 0.29) is 5.41 Å². The molecule has 0 amide bonds. The van der Waals surface area contributed by atoms with Gasteiger partial charge < -0.3 is 9.64 Å². The third kappa shape index (κ3) is 2.27. The van der Waals surface area contributed by atoms with Crippen LogP contribution in [0.3, 0.4) is 0 Å². The van der Waals surface area contributed by atoms with E-state index in [9.17, 15) is 5.26 Å². The van der Waals surface area contributed by atoms with Gasteiger partial charge in [-0.05, 0) is 17.7 Å². The predicted octanol–water partition coefficient (Wildman–Crippen LogP) is 0.765. The molecule has 90 valence electrons. The van der Waals surface area contributed by atoms with Gasteiger partial charge in [0.15, 0.2) is 0 Å². The van der Waals surface area contributed by atoms with Gasteiger partial charge in [0.05, 0.1) is 38.7 Å². The molecule has 0 aliphatic carbocycles. The molecule has 0 radical (unpaired) electrons. The summed E-state index contributed by atoms with van der Waals surface area (Å²) in [6.45, 7) is 2.14. The molecule has 0 spiro atoms. The maximum absolute atomic E-state index is 9.52. The Bertz CT molecular complexity index is 411. The van der Waals surface area contributed by atoms with Crippen molar-refractivity contribution in [1.29, 1.82) is 5.26 Å². The van der Waals surface area contributed by atoms with Crippen LogP contribution in [0.1, 0.15) is 18.4 Å². The quantitative estimate of drug-likeness (QED) is 0.816. The predicted molar refractivity (Wildman–Crippen MR) is 66.1 cm³/mol. The van der Waals surface area contributed by atoms with Crippen LogP contribution < -0.4 is 9.64 Å². The Hall–Kier alpha value is -1.53. The van der Waals surface area contributed by atoms with Gasteiger partial charge in [0, 0.05) is 12.8 Å². The standard InChI is InChI=1S/C14H18N2O/c1-16-9-7-14(11-15,8-10-16)12-3-5-13(17-2)6-4-12/h3-6H,7-10H2,1-2H3/p+1. The number of likely N-dealkylation sites (tertiary alicyclic amines) is 1. The molecule has 3 heteroatoms. The normalized spacial score (nSPS) is 28.4. The number of hydrogen-bond acceptors (Lipinski definition) is 2. The highest BCUT2D eigenvalue weighted by atomic mass is 16.5. The highest BCUT2D eigenvalue weighted by molar-refractivity contribution is 5.37. The number of nitrogens with zero attached hydrogens (tertiary/aromatic N) is 1. The van der Waals surface area contributed by atoms with E-state index in [4.69, 9.17) is 4.74 Å². The van der Waals surface area contributed by atoms with Crippen molar-refractivity contribution in [3.05, 3.63) is 29.8 Å². The lowest BCUT2D eigenvalue weighted by molar-refractivity contribution is -0.886. The Morgan fingerprint density at radius 1 is 1.24 bits per heavy atom. The van der Waals surface area contributed by atoms with Crippen LogP contribution in [-0.4, -0.2) is 27.2 Å².